The molecule has 6 nitrogen and oxygen atoms in total. The Balaban J connectivity index is 2.38. The minimum Gasteiger partial charge on any atom is -0.299 e. The number of rotatable bonds is 54. The Morgan fingerprint density at radius 1 is 0.303 bits per heavy atom. The fraction of sp³-hybridized carbons (Fsp3) is 0.743. The van der Waals surface area contributed by atoms with Gasteiger partial charge in [-0.25, -0.2) is 0 Å². The summed E-state index contributed by atoms with van der Waals surface area (Å²) in [6.45, 7) is 11.3. The number of Topliss-reactive ketones (excluding diaryl/α,β-unsaturated/α-hetero) is 4. The van der Waals surface area contributed by atoms with E-state index >= 15 is 0 Å². The van der Waals surface area contributed by atoms with E-state index in [0.29, 0.717) is 51.4 Å². The molecule has 2 aromatic rings. The molecule has 0 atom stereocenters. The lowest BCUT2D eigenvalue weighted by atomic mass is 9.94. The molecule has 0 radical (unpaired) electrons. The van der Waals surface area contributed by atoms with Gasteiger partial charge in [0.05, 0.1) is 17.1 Å². The Morgan fingerprint density at radius 3 is 0.868 bits per heavy atom. The lowest BCUT2D eigenvalue weighted by Gasteiger charge is -2.12. The highest BCUT2D eigenvalue weighted by molar-refractivity contribution is 6.31. The number of nitrogens with zero attached hydrogens (tertiary/aromatic N) is 2. The molecule has 0 saturated heterocycles. The predicted octanol–water partition coefficient (Wildman–Crippen LogP) is 21.5. The number of unbranched alkanes of at least 4 members (excludes halogenated alkanes) is 33. The van der Waals surface area contributed by atoms with Gasteiger partial charge < -0.3 is 0 Å². The van der Waals surface area contributed by atoms with E-state index < -0.39 is 0 Å². The molecule has 0 saturated carbocycles. The van der Waals surface area contributed by atoms with Crippen molar-refractivity contribution in [2.24, 2.45) is 9.98 Å². The van der Waals surface area contributed by atoms with Crippen LogP contribution in [-0.2, 0) is 44.9 Å². The molecule has 0 spiro atoms. The normalized spacial score (nSPS) is 11.8. The summed E-state index contributed by atoms with van der Waals surface area (Å²) < 4.78 is 0. The second kappa shape index (κ2) is 48.6. The Hall–Kier alpha value is -3.54. The smallest absolute Gasteiger partial charge is 0.137 e. The van der Waals surface area contributed by atoms with Crippen LogP contribution in [0.2, 0.25) is 0 Å². The van der Waals surface area contributed by atoms with E-state index in [4.69, 9.17) is 9.98 Å². The average molecular weight is 1050 g/mol. The fourth-order valence-electron chi connectivity index (χ4n) is 10.6. The molecule has 0 aliphatic rings. The van der Waals surface area contributed by atoms with Crippen LogP contribution >= 0.6 is 0 Å². The van der Waals surface area contributed by atoms with Gasteiger partial charge in [-0.1, -0.05) is 259 Å². The van der Waals surface area contributed by atoms with Crippen LogP contribution in [0.15, 0.2) is 46.4 Å². The van der Waals surface area contributed by atoms with Gasteiger partial charge in [0.15, 0.2) is 0 Å². The van der Waals surface area contributed by atoms with Crippen LogP contribution in [0.4, 0.5) is 11.4 Å². The molecular weight excluding hydrogens is 933 g/mol. The first-order valence-electron chi connectivity index (χ1n) is 32.6. The first kappa shape index (κ1) is 68.6. The van der Waals surface area contributed by atoms with E-state index in [1.54, 1.807) is 0 Å². The molecule has 0 unspecified atom stereocenters. The lowest BCUT2D eigenvalue weighted by molar-refractivity contribution is -0.119. The minimum atomic E-state index is 0.236. The van der Waals surface area contributed by atoms with Crippen molar-refractivity contribution < 1.29 is 19.2 Å². The van der Waals surface area contributed by atoms with Crippen LogP contribution < -0.4 is 0 Å². The van der Waals surface area contributed by atoms with Gasteiger partial charge in [0, 0.05) is 57.6 Å². The highest BCUT2D eigenvalue weighted by atomic mass is 16.1. The SMILES string of the molecule is CCCCCCCCCCC(=O)Cc1ccc(N=CC(CCCCCCCC)=Nc2ccc(CC(=O)CCCCCCCCCC)c(CC(=O)CCCCCCCCCC)c2)cc1CC(=O)CCCCCCCCCC. The van der Waals surface area contributed by atoms with Gasteiger partial charge >= 0.3 is 0 Å². The number of hydrogen-bond donors (Lipinski definition) is 0. The standard InChI is InChI=1S/C70H116N2O4/c1-6-11-16-21-26-30-35-40-45-67(73)55-60-49-51-64(53-62(60)57-69(75)47-42-37-32-28-23-18-13-8-3)71-59-66(44-39-34-25-20-15-10-5)72-65-52-50-61(56-68(74)46-41-36-31-27-22-17-12-7-2)63(54-65)58-70(76)48-43-38-33-29-24-19-14-9-4/h49-54,59H,6-48,55-58H2,1-5H3. The van der Waals surface area contributed by atoms with Gasteiger partial charge in [-0.3, -0.25) is 29.2 Å². The Bertz CT molecular complexity index is 1860. The first-order chi connectivity index (χ1) is 37.2. The molecule has 0 fully saturated rings. The molecule has 0 heterocycles. The molecule has 0 bridgehead atoms. The summed E-state index contributed by atoms with van der Waals surface area (Å²) >= 11 is 0. The molecule has 0 N–H and O–H groups in total. The summed E-state index contributed by atoms with van der Waals surface area (Å²) in [5, 5.41) is 0. The largest absolute Gasteiger partial charge is 0.299 e. The van der Waals surface area contributed by atoms with Gasteiger partial charge in [0.1, 0.15) is 23.1 Å². The Morgan fingerprint density at radius 2 is 0.553 bits per heavy atom. The number of hydrogen-bond acceptors (Lipinski definition) is 6. The van der Waals surface area contributed by atoms with Gasteiger partial charge in [-0.05, 0) is 85.0 Å². The van der Waals surface area contributed by atoms with Gasteiger partial charge in [-0.15, -0.1) is 0 Å². The van der Waals surface area contributed by atoms with Crippen LogP contribution in [0.3, 0.4) is 0 Å². The zero-order valence-electron chi connectivity index (χ0n) is 50.3. The fourth-order valence-corrected chi connectivity index (χ4v) is 10.6. The number of aliphatic imine (C=N–C) groups is 2. The molecule has 0 amide bonds. The average Bonchev–Trinajstić information content (AvgIpc) is 3.41. The maximum Gasteiger partial charge on any atom is 0.137 e. The van der Waals surface area contributed by atoms with E-state index in [1.165, 1.54) is 180 Å². The highest BCUT2D eigenvalue weighted by Crippen LogP contribution is 2.26. The number of carbonyl (C=O) groups is 4. The predicted molar refractivity (Wildman–Crippen MR) is 330 cm³/mol. The molecule has 2 aromatic carbocycles. The maximum absolute atomic E-state index is 13.6. The van der Waals surface area contributed by atoms with E-state index in [9.17, 15) is 19.2 Å². The summed E-state index contributed by atoms with van der Waals surface area (Å²) in [5.74, 6) is 0.978. The van der Waals surface area contributed by atoms with Crippen LogP contribution in [0, 0.1) is 0 Å². The summed E-state index contributed by atoms with van der Waals surface area (Å²) in [5.41, 5.74) is 6.20. The third-order valence-electron chi connectivity index (χ3n) is 15.6. The topological polar surface area (TPSA) is 93.0 Å². The molecule has 2 rings (SSSR count). The van der Waals surface area contributed by atoms with E-state index in [-0.39, 0.29) is 23.1 Å². The van der Waals surface area contributed by atoms with Crippen LogP contribution in [-0.4, -0.2) is 35.1 Å². The summed E-state index contributed by atoms with van der Waals surface area (Å²) in [7, 11) is 0. The van der Waals surface area contributed by atoms with Crippen molar-refractivity contribution in [3.8, 4) is 0 Å². The molecule has 6 heteroatoms. The number of benzene rings is 2. The van der Waals surface area contributed by atoms with Crippen molar-refractivity contribution in [1.29, 1.82) is 0 Å². The Labute approximate surface area is 468 Å². The molecule has 0 aromatic heterocycles. The van der Waals surface area contributed by atoms with E-state index in [2.05, 4.69) is 46.8 Å². The molecule has 0 aliphatic heterocycles. The number of ketones is 4. The van der Waals surface area contributed by atoms with Crippen LogP contribution in [0.25, 0.3) is 0 Å². The third kappa shape index (κ3) is 37.3. The van der Waals surface area contributed by atoms with Crippen LogP contribution in [0.5, 0.6) is 0 Å². The molecular formula is C70H116N2O4. The quantitative estimate of drug-likeness (QED) is 0.0487. The summed E-state index contributed by atoms with van der Waals surface area (Å²) in [4.78, 5) is 64.4. The zero-order chi connectivity index (χ0) is 54.9. The highest BCUT2D eigenvalue weighted by Gasteiger charge is 2.16. The van der Waals surface area contributed by atoms with Gasteiger partial charge in [-0.2, -0.15) is 0 Å². The minimum absolute atomic E-state index is 0.236. The van der Waals surface area contributed by atoms with Gasteiger partial charge in [0.25, 0.3) is 0 Å². The van der Waals surface area contributed by atoms with Crippen LogP contribution in [0.1, 0.15) is 333 Å². The zero-order valence-corrected chi connectivity index (χ0v) is 50.3. The second-order valence-electron chi connectivity index (χ2n) is 23.0. The van der Waals surface area contributed by atoms with Crippen molar-refractivity contribution in [1.82, 2.24) is 0 Å². The molecule has 0 aliphatic carbocycles. The summed E-state index contributed by atoms with van der Waals surface area (Å²) in [6, 6.07) is 12.2. The van der Waals surface area contributed by atoms with Gasteiger partial charge in [0.2, 0.25) is 0 Å². The third-order valence-corrected chi connectivity index (χ3v) is 15.6. The molecule has 430 valence electrons. The van der Waals surface area contributed by atoms with E-state index in [1.807, 2.05) is 30.5 Å². The lowest BCUT2D eigenvalue weighted by Crippen LogP contribution is -2.09. The van der Waals surface area contributed by atoms with Crippen molar-refractivity contribution in [2.75, 3.05) is 0 Å². The monoisotopic (exact) mass is 1050 g/mol. The number of carbonyl (C=O) groups excluding carboxylic acids is 4. The Kier molecular flexibility index (Phi) is 43.8. The van der Waals surface area contributed by atoms with Crippen molar-refractivity contribution >= 4 is 46.4 Å². The van der Waals surface area contributed by atoms with Crippen molar-refractivity contribution in [2.45, 2.75) is 336 Å². The van der Waals surface area contributed by atoms with Crippen molar-refractivity contribution in [3.05, 3.63) is 58.7 Å². The van der Waals surface area contributed by atoms with Crippen molar-refractivity contribution in [3.63, 3.8) is 0 Å². The molecule has 76 heavy (non-hydrogen) atoms. The summed E-state index contributed by atoms with van der Waals surface area (Å²) in [6.07, 6.45) is 51.8. The first-order valence-corrected chi connectivity index (χ1v) is 32.6. The second-order valence-corrected chi connectivity index (χ2v) is 23.0. The maximum atomic E-state index is 13.6. The van der Waals surface area contributed by atoms with E-state index in [0.717, 1.165) is 110 Å².